The molecule has 0 amide bonds. The van der Waals surface area contributed by atoms with Gasteiger partial charge in [-0.2, -0.15) is 0 Å². The molecular formula is C13H18ClNS. The van der Waals surface area contributed by atoms with Crippen molar-refractivity contribution in [3.8, 4) is 0 Å². The van der Waals surface area contributed by atoms with Crippen LogP contribution in [0.3, 0.4) is 0 Å². The van der Waals surface area contributed by atoms with Gasteiger partial charge >= 0.3 is 0 Å². The van der Waals surface area contributed by atoms with Gasteiger partial charge in [-0.3, -0.25) is 0 Å². The van der Waals surface area contributed by atoms with Crippen LogP contribution in [0.1, 0.15) is 25.5 Å². The Bertz CT molecular complexity index is 352. The summed E-state index contributed by atoms with van der Waals surface area (Å²) in [5.74, 6) is 0.764. The molecule has 1 nitrogen and oxygen atoms in total. The van der Waals surface area contributed by atoms with E-state index in [1.54, 1.807) is 11.8 Å². The molecule has 0 saturated heterocycles. The lowest BCUT2D eigenvalue weighted by Gasteiger charge is -2.13. The fourth-order valence-electron chi connectivity index (χ4n) is 1.46. The smallest absolute Gasteiger partial charge is 0.0334 e. The van der Waals surface area contributed by atoms with E-state index in [0.717, 1.165) is 12.3 Å². The Morgan fingerprint density at radius 1 is 1.56 bits per heavy atom. The van der Waals surface area contributed by atoms with Gasteiger partial charge in [0, 0.05) is 21.7 Å². The molecule has 1 rings (SSSR count). The molecule has 0 aromatic heterocycles. The van der Waals surface area contributed by atoms with Crippen molar-refractivity contribution >= 4 is 23.4 Å². The van der Waals surface area contributed by atoms with Crippen LogP contribution >= 0.6 is 23.4 Å². The van der Waals surface area contributed by atoms with Crippen LogP contribution in [0.15, 0.2) is 40.8 Å². The Labute approximate surface area is 107 Å². The van der Waals surface area contributed by atoms with Crippen molar-refractivity contribution < 1.29 is 0 Å². The summed E-state index contributed by atoms with van der Waals surface area (Å²) in [5.41, 5.74) is 1.31. The molecule has 0 saturated carbocycles. The van der Waals surface area contributed by atoms with E-state index in [1.807, 2.05) is 0 Å². The Morgan fingerprint density at radius 3 is 2.94 bits per heavy atom. The van der Waals surface area contributed by atoms with E-state index in [9.17, 15) is 0 Å². The van der Waals surface area contributed by atoms with Crippen molar-refractivity contribution in [2.24, 2.45) is 0 Å². The molecule has 0 fully saturated rings. The minimum Gasteiger partial charge on any atom is -0.310 e. The first kappa shape index (κ1) is 13.6. The van der Waals surface area contributed by atoms with Crippen LogP contribution < -0.4 is 5.32 Å². The summed E-state index contributed by atoms with van der Waals surface area (Å²) in [5, 5.41) is 4.09. The van der Waals surface area contributed by atoms with E-state index >= 15 is 0 Å². The number of hydrogen-bond acceptors (Lipinski definition) is 2. The van der Waals surface area contributed by atoms with Crippen LogP contribution in [0.5, 0.6) is 0 Å². The zero-order valence-corrected chi connectivity index (χ0v) is 11.4. The van der Waals surface area contributed by atoms with E-state index in [4.69, 9.17) is 11.6 Å². The first-order chi connectivity index (χ1) is 7.63. The molecule has 1 unspecified atom stereocenters. The van der Waals surface area contributed by atoms with Crippen molar-refractivity contribution in [1.82, 2.24) is 5.32 Å². The summed E-state index contributed by atoms with van der Waals surface area (Å²) in [4.78, 5) is 1.24. The van der Waals surface area contributed by atoms with Gasteiger partial charge in [0.25, 0.3) is 0 Å². The third kappa shape index (κ3) is 4.60. The predicted octanol–water partition coefficient (Wildman–Crippen LogP) is 4.20. The van der Waals surface area contributed by atoms with Crippen molar-refractivity contribution in [1.29, 1.82) is 0 Å². The average molecular weight is 256 g/mol. The molecule has 1 aromatic carbocycles. The largest absolute Gasteiger partial charge is 0.310 e. The fourth-order valence-corrected chi connectivity index (χ4v) is 2.34. The molecule has 0 aliphatic rings. The van der Waals surface area contributed by atoms with E-state index < -0.39 is 0 Å². The highest BCUT2D eigenvalue weighted by molar-refractivity contribution is 7.99. The fraction of sp³-hybridized carbons (Fsp3) is 0.385. The number of thioether (sulfide) groups is 1. The van der Waals surface area contributed by atoms with Gasteiger partial charge in [0.1, 0.15) is 0 Å². The molecule has 0 heterocycles. The van der Waals surface area contributed by atoms with Crippen LogP contribution in [-0.4, -0.2) is 12.3 Å². The molecule has 88 valence electrons. The molecule has 1 N–H and O–H groups in total. The molecule has 0 radical (unpaired) electrons. The van der Waals surface area contributed by atoms with Gasteiger partial charge in [-0.05, 0) is 31.2 Å². The second-order valence-corrected chi connectivity index (χ2v) is 5.24. The highest BCUT2D eigenvalue weighted by Crippen LogP contribution is 2.24. The third-order valence-corrected chi connectivity index (χ3v) is 3.64. The standard InChI is InChI=1S/C13H18ClNS/c1-4-15-11(3)12-6-5-7-13(8-12)16-9-10(2)14/h5-8,11,15H,2,4,9H2,1,3H3. The van der Waals surface area contributed by atoms with Gasteiger partial charge in [-0.25, -0.2) is 0 Å². The number of benzene rings is 1. The lowest BCUT2D eigenvalue weighted by molar-refractivity contribution is 0.597. The maximum atomic E-state index is 5.75. The van der Waals surface area contributed by atoms with Gasteiger partial charge in [-0.1, -0.05) is 37.2 Å². The maximum absolute atomic E-state index is 5.75. The second kappa shape index (κ2) is 7.00. The molecule has 1 aromatic rings. The van der Waals surface area contributed by atoms with Gasteiger partial charge in [0.2, 0.25) is 0 Å². The Hall–Kier alpha value is -0.440. The lowest BCUT2D eigenvalue weighted by Crippen LogP contribution is -2.17. The molecule has 3 heteroatoms. The second-order valence-electron chi connectivity index (χ2n) is 3.66. The molecule has 0 spiro atoms. The minimum absolute atomic E-state index is 0.393. The van der Waals surface area contributed by atoms with Crippen LogP contribution in [0, 0.1) is 0 Å². The summed E-state index contributed by atoms with van der Waals surface area (Å²) in [6.45, 7) is 8.96. The highest BCUT2D eigenvalue weighted by Gasteiger charge is 2.04. The van der Waals surface area contributed by atoms with Crippen LogP contribution in [0.25, 0.3) is 0 Å². The Balaban J connectivity index is 2.66. The average Bonchev–Trinajstić information content (AvgIpc) is 2.27. The van der Waals surface area contributed by atoms with E-state index in [-0.39, 0.29) is 0 Å². The first-order valence-electron chi connectivity index (χ1n) is 5.43. The number of rotatable bonds is 6. The van der Waals surface area contributed by atoms with Gasteiger partial charge < -0.3 is 5.32 Å². The number of hydrogen-bond donors (Lipinski definition) is 1. The van der Waals surface area contributed by atoms with Gasteiger partial charge in [0.05, 0.1) is 0 Å². The molecule has 16 heavy (non-hydrogen) atoms. The predicted molar refractivity (Wildman–Crippen MR) is 74.3 cm³/mol. The van der Waals surface area contributed by atoms with Crippen LogP contribution in [0.2, 0.25) is 0 Å². The summed E-state index contributed by atoms with van der Waals surface area (Å²) in [6.07, 6.45) is 0. The van der Waals surface area contributed by atoms with Crippen molar-refractivity contribution in [2.45, 2.75) is 24.8 Å². The Morgan fingerprint density at radius 2 is 2.31 bits per heavy atom. The SMILES string of the molecule is C=C(Cl)CSc1cccc(C(C)NCC)c1. The van der Waals surface area contributed by atoms with Gasteiger partial charge in [0.15, 0.2) is 0 Å². The first-order valence-corrected chi connectivity index (χ1v) is 6.79. The zero-order valence-electron chi connectivity index (χ0n) is 9.79. The Kier molecular flexibility index (Phi) is 5.96. The topological polar surface area (TPSA) is 12.0 Å². The van der Waals surface area contributed by atoms with Crippen molar-refractivity contribution in [3.05, 3.63) is 41.4 Å². The van der Waals surface area contributed by atoms with Crippen molar-refractivity contribution in [2.75, 3.05) is 12.3 Å². The van der Waals surface area contributed by atoms with Gasteiger partial charge in [-0.15, -0.1) is 11.8 Å². The summed E-state index contributed by atoms with van der Waals surface area (Å²) in [6, 6.07) is 8.93. The molecule has 0 aliphatic carbocycles. The molecule has 1 atom stereocenters. The van der Waals surface area contributed by atoms with E-state index in [2.05, 4.69) is 50.0 Å². The third-order valence-electron chi connectivity index (χ3n) is 2.26. The summed E-state index contributed by atoms with van der Waals surface area (Å²) < 4.78 is 0. The van der Waals surface area contributed by atoms with E-state index in [1.165, 1.54) is 10.5 Å². The summed E-state index contributed by atoms with van der Waals surface area (Å²) >= 11 is 7.47. The number of halogens is 1. The molecule has 0 bridgehead atoms. The lowest BCUT2D eigenvalue weighted by atomic mass is 10.1. The molecular weight excluding hydrogens is 238 g/mol. The van der Waals surface area contributed by atoms with Crippen LogP contribution in [-0.2, 0) is 0 Å². The molecule has 0 aliphatic heterocycles. The maximum Gasteiger partial charge on any atom is 0.0334 e. The highest BCUT2D eigenvalue weighted by atomic mass is 35.5. The van der Waals surface area contributed by atoms with Crippen LogP contribution in [0.4, 0.5) is 0 Å². The normalized spacial score (nSPS) is 12.4. The summed E-state index contributed by atoms with van der Waals surface area (Å²) in [7, 11) is 0. The zero-order chi connectivity index (χ0) is 12.0. The minimum atomic E-state index is 0.393. The quantitative estimate of drug-likeness (QED) is 0.765. The van der Waals surface area contributed by atoms with E-state index in [0.29, 0.717) is 11.1 Å². The van der Waals surface area contributed by atoms with Crippen molar-refractivity contribution in [3.63, 3.8) is 0 Å². The monoisotopic (exact) mass is 255 g/mol. The number of nitrogens with one attached hydrogen (secondary N) is 1.